The molecule has 0 saturated carbocycles. The van der Waals surface area contributed by atoms with E-state index in [1.807, 2.05) is 0 Å². The second kappa shape index (κ2) is 89.2. The molecule has 0 amide bonds. The molecule has 2 saturated heterocycles. The van der Waals surface area contributed by atoms with Gasteiger partial charge in [0.25, 0.3) is 0 Å². The van der Waals surface area contributed by atoms with Gasteiger partial charge in [0.05, 0.1) is 159 Å². The second-order valence-electron chi connectivity index (χ2n) is 8.86. The van der Waals surface area contributed by atoms with Crippen LogP contribution in [-0.4, -0.2) is 159 Å². The largest absolute Gasteiger partial charge is 2.00 e. The van der Waals surface area contributed by atoms with E-state index in [9.17, 15) is 0 Å². The minimum absolute atomic E-state index is 0. The number of halogens is 4. The van der Waals surface area contributed by atoms with Crippen molar-refractivity contribution < 1.29 is 272 Å². The average Bonchev–Trinajstić information content (AvgIpc) is 3.02. The molecular formula is C24H84Cl4Co2O40+12. The molecule has 0 aromatic carbocycles. The normalized spacial score (nSPS) is 15.8. The van der Waals surface area contributed by atoms with Gasteiger partial charge < -0.3 is 123 Å². The van der Waals surface area contributed by atoms with Crippen LogP contribution in [0.5, 0.6) is 0 Å². The predicted octanol–water partition coefficient (Wildman–Crippen LogP) is -29.9. The summed E-state index contributed by atoms with van der Waals surface area (Å²) in [4.78, 5) is 0. The Morgan fingerprint density at radius 3 is 0.200 bits per heavy atom. The summed E-state index contributed by atoms with van der Waals surface area (Å²) in [6, 6.07) is 0. The Hall–Kier alpha value is 0.573. The summed E-state index contributed by atoms with van der Waals surface area (Å²) < 4.78 is 200. The molecule has 2 rings (SSSR count). The number of hydrogen-bond acceptors (Lipinski definition) is 28. The van der Waals surface area contributed by atoms with Crippen LogP contribution in [0, 0.1) is 41.0 Å². The molecule has 2 fully saturated rings. The van der Waals surface area contributed by atoms with E-state index in [0.717, 1.165) is 0 Å². The van der Waals surface area contributed by atoms with E-state index in [4.69, 9.17) is 131 Å². The third kappa shape index (κ3) is 234. The summed E-state index contributed by atoms with van der Waals surface area (Å²) in [5, 5.41) is 0. The fraction of sp³-hybridized carbons (Fsp3) is 1.00. The van der Waals surface area contributed by atoms with Gasteiger partial charge in [-0.2, -0.15) is 0 Å². The van der Waals surface area contributed by atoms with Gasteiger partial charge in [0.1, 0.15) is 0 Å². The van der Waals surface area contributed by atoms with Crippen LogP contribution >= 0.6 is 0 Å². The first kappa shape index (κ1) is 124. The van der Waals surface area contributed by atoms with E-state index in [1.165, 1.54) is 0 Å². The van der Waals surface area contributed by atoms with Gasteiger partial charge in [0, 0.05) is 0 Å². The third-order valence-electron chi connectivity index (χ3n) is 4.46. The van der Waals surface area contributed by atoms with Gasteiger partial charge in [-0.25, -0.2) is 74.5 Å². The Morgan fingerprint density at radius 1 is 0.143 bits per heavy atom. The Morgan fingerprint density at radius 2 is 0.171 bits per heavy atom. The summed E-state index contributed by atoms with van der Waals surface area (Å²) in [5.74, 6) is 0. The summed E-state index contributed by atoms with van der Waals surface area (Å²) in [7, 11) is -19.8. The summed E-state index contributed by atoms with van der Waals surface area (Å²) in [6.07, 6.45) is 0. The van der Waals surface area contributed by atoms with Crippen molar-refractivity contribution in [2.24, 2.45) is 0 Å². The zero-order valence-corrected chi connectivity index (χ0v) is 42.6. The van der Waals surface area contributed by atoms with Crippen LogP contribution in [0.3, 0.4) is 0 Å². The average molecular weight is 1270 g/mol. The van der Waals surface area contributed by atoms with Crippen molar-refractivity contribution >= 4 is 0 Å². The molecule has 2 heterocycles. The summed E-state index contributed by atoms with van der Waals surface area (Å²) in [5.41, 5.74) is 0. The number of ether oxygens (including phenoxy) is 12. The van der Waals surface area contributed by atoms with Crippen molar-refractivity contribution in [1.29, 1.82) is 0 Å². The van der Waals surface area contributed by atoms with Gasteiger partial charge in [-0.15, -0.1) is 41.0 Å². The van der Waals surface area contributed by atoms with Crippen molar-refractivity contribution in [1.82, 2.24) is 0 Å². The molecule has 454 valence electrons. The molecule has 2 aliphatic heterocycles. The molecule has 40 nitrogen and oxygen atoms in total. The Labute approximate surface area is 428 Å². The van der Waals surface area contributed by atoms with Gasteiger partial charge in [-0.3, -0.25) is 0 Å². The van der Waals surface area contributed by atoms with E-state index in [1.54, 1.807) is 0 Å². The van der Waals surface area contributed by atoms with Gasteiger partial charge in [0.15, 0.2) is 0 Å². The summed E-state index contributed by atoms with van der Waals surface area (Å²) >= 11 is 0. The first-order chi connectivity index (χ1) is 26.0. The van der Waals surface area contributed by atoms with Crippen LogP contribution in [0.15, 0.2) is 0 Å². The molecule has 2 aliphatic rings. The van der Waals surface area contributed by atoms with E-state index in [-0.39, 0.29) is 99.3 Å². The van der Waals surface area contributed by atoms with Crippen molar-refractivity contribution in [3.8, 4) is 0 Å². The summed E-state index contributed by atoms with van der Waals surface area (Å²) in [6.45, 7) is 14.1. The first-order valence-corrected chi connectivity index (χ1v) is 20.3. The van der Waals surface area contributed by atoms with E-state index < -0.39 is 41.0 Å². The topological polar surface area (TPSA) is 876 Å². The smallest absolute Gasteiger partial charge is 0.457 e. The third-order valence-corrected chi connectivity index (χ3v) is 4.46. The van der Waals surface area contributed by atoms with E-state index >= 15 is 0 Å². The molecule has 0 atom stereocenters. The quantitative estimate of drug-likeness (QED) is 0.203. The molecule has 70 heavy (non-hydrogen) atoms. The molecule has 0 bridgehead atoms. The molecule has 46 heteroatoms. The second-order valence-corrected chi connectivity index (χ2v) is 11.9. The zero-order chi connectivity index (χ0) is 43.5. The maximum Gasteiger partial charge on any atom is 2.00 e. The minimum Gasteiger partial charge on any atom is -0.457 e. The zero-order valence-electron chi connectivity index (χ0n) is 37.5. The SMILES string of the molecule is C1COCCOCCOCCOCCOCCO1.C1COCCOCCOCCOCCOCCO1.[Co+2].[Co+2].[O-][Cl+3]([O-])([O-])[O-].[O-][Cl+3]([O-])([O-])[O-].[O-][Cl+3]([O-])([O-])[O-].[O-][Cl+3]([O-])([O-])[O-].[OH3+].[OH3+].[OH3+].[OH3+].[OH3+].[OH3+].[OH3+].[OH3+].[OH3+].[OH3+].[OH3+].[OH3+]. The minimum atomic E-state index is -4.94. The van der Waals surface area contributed by atoms with Crippen LogP contribution < -0.4 is 74.5 Å². The van der Waals surface area contributed by atoms with Gasteiger partial charge >= 0.3 is 33.6 Å². The Balaban J connectivity index is -0.0000000305. The van der Waals surface area contributed by atoms with Crippen molar-refractivity contribution in [2.45, 2.75) is 0 Å². The van der Waals surface area contributed by atoms with Crippen molar-refractivity contribution in [3.05, 3.63) is 0 Å². The van der Waals surface area contributed by atoms with Crippen LogP contribution in [0.2, 0.25) is 0 Å². The Bertz CT molecular complexity index is 509. The molecule has 0 unspecified atom stereocenters. The molecule has 0 aliphatic carbocycles. The van der Waals surface area contributed by atoms with Crippen LogP contribution in [-0.2, 0) is 156 Å². The van der Waals surface area contributed by atoms with Crippen molar-refractivity contribution in [2.75, 3.05) is 159 Å². The van der Waals surface area contributed by atoms with E-state index in [2.05, 4.69) is 0 Å². The molecule has 0 aromatic heterocycles. The molecule has 2 radical (unpaired) electrons. The molecule has 0 spiro atoms. The maximum atomic E-state index is 8.49. The monoisotopic (exact) mass is 1270 g/mol. The van der Waals surface area contributed by atoms with Crippen molar-refractivity contribution in [3.63, 3.8) is 0 Å². The fourth-order valence-electron chi connectivity index (χ4n) is 2.64. The predicted molar refractivity (Wildman–Crippen MR) is 188 cm³/mol. The first-order valence-electron chi connectivity index (χ1n) is 15.4. The van der Waals surface area contributed by atoms with Crippen LogP contribution in [0.4, 0.5) is 0 Å². The van der Waals surface area contributed by atoms with Crippen LogP contribution in [0.1, 0.15) is 0 Å². The molecular weight excluding hydrogens is 1190 g/mol. The van der Waals surface area contributed by atoms with E-state index in [0.29, 0.717) is 159 Å². The standard InChI is InChI=1S/2C12H24O6.4ClHO4.2Co.12H2O/c2*1-2-14-5-6-16-9-10-18-12-11-17-8-7-15-4-3-13-1;4*2-1(3,4)5;;;;;;;;;;;;;;/h2*1-12H2;4*(H,2,3,4,5);;;12*1H2/q;;;;;;2*+2;;;;;;;;;;;;/p+8. The molecule has 0 aromatic rings. The van der Waals surface area contributed by atoms with Gasteiger partial charge in [0.2, 0.25) is 0 Å². The van der Waals surface area contributed by atoms with Gasteiger partial charge in [-0.1, -0.05) is 0 Å². The number of rotatable bonds is 0. The number of hydrogen-bond donors (Lipinski definition) is 0. The maximum absolute atomic E-state index is 8.49. The fourth-order valence-corrected chi connectivity index (χ4v) is 2.64. The van der Waals surface area contributed by atoms with Gasteiger partial charge in [-0.05, 0) is 0 Å². The molecule has 36 N–H and O–H groups in total. The Kier molecular flexibility index (Phi) is 157. The van der Waals surface area contributed by atoms with Crippen LogP contribution in [0.25, 0.3) is 0 Å².